The van der Waals surface area contributed by atoms with Gasteiger partial charge in [0.2, 0.25) is 0 Å². The van der Waals surface area contributed by atoms with Crippen LogP contribution in [0.5, 0.6) is 0 Å². The number of aliphatic hydroxyl groups is 1. The minimum atomic E-state index is -0.404. The Morgan fingerprint density at radius 3 is 3.00 bits per heavy atom. The van der Waals surface area contributed by atoms with Gasteiger partial charge >= 0.3 is 0 Å². The number of nitrogens with zero attached hydrogens (tertiary/aromatic N) is 2. The average molecular weight is 155 g/mol. The van der Waals surface area contributed by atoms with Gasteiger partial charge in [-0.05, 0) is 12.5 Å². The molecule has 0 radical (unpaired) electrons. The van der Waals surface area contributed by atoms with Gasteiger partial charge in [-0.1, -0.05) is 0 Å². The summed E-state index contributed by atoms with van der Waals surface area (Å²) in [7, 11) is 0. The molecule has 4 nitrogen and oxygen atoms in total. The number of hydrogen-bond donors (Lipinski definition) is 2. The molecule has 0 aromatic carbocycles. The first-order valence-electron chi connectivity index (χ1n) is 3.68. The molecule has 0 saturated heterocycles. The van der Waals surface area contributed by atoms with E-state index in [1.807, 2.05) is 12.3 Å². The molecule has 0 aliphatic heterocycles. The molecule has 0 fully saturated rings. The zero-order valence-electron chi connectivity index (χ0n) is 6.35. The van der Waals surface area contributed by atoms with Crippen LogP contribution in [-0.4, -0.2) is 27.5 Å². The topological polar surface area (TPSA) is 64.1 Å². The molecule has 0 bridgehead atoms. The normalized spacial score (nSPS) is 13.3. The Kier molecular flexibility index (Phi) is 3.07. The lowest BCUT2D eigenvalue weighted by atomic mass is 10.2. The highest BCUT2D eigenvalue weighted by atomic mass is 16.3. The molecule has 11 heavy (non-hydrogen) atoms. The van der Waals surface area contributed by atoms with E-state index in [1.165, 1.54) is 0 Å². The van der Waals surface area contributed by atoms with Crippen LogP contribution >= 0.6 is 0 Å². The molecule has 4 heteroatoms. The van der Waals surface area contributed by atoms with Crippen LogP contribution in [-0.2, 0) is 6.54 Å². The monoisotopic (exact) mass is 155 g/mol. The highest BCUT2D eigenvalue weighted by molar-refractivity contribution is 4.77. The van der Waals surface area contributed by atoms with Gasteiger partial charge in [-0.3, -0.25) is 4.68 Å². The Morgan fingerprint density at radius 1 is 1.64 bits per heavy atom. The lowest BCUT2D eigenvalue weighted by Crippen LogP contribution is -2.21. The van der Waals surface area contributed by atoms with Crippen molar-refractivity contribution in [3.8, 4) is 0 Å². The van der Waals surface area contributed by atoms with Crippen LogP contribution in [0.15, 0.2) is 18.5 Å². The SMILES string of the molecule is NC[C@H](O)CCn1cccn1. The number of aromatic nitrogens is 2. The zero-order chi connectivity index (χ0) is 8.10. The van der Waals surface area contributed by atoms with Gasteiger partial charge < -0.3 is 10.8 Å². The van der Waals surface area contributed by atoms with Crippen LogP contribution in [0.1, 0.15) is 6.42 Å². The van der Waals surface area contributed by atoms with Crippen LogP contribution < -0.4 is 5.73 Å². The van der Waals surface area contributed by atoms with Crippen molar-refractivity contribution in [2.45, 2.75) is 19.1 Å². The van der Waals surface area contributed by atoms with Crippen LogP contribution in [0.3, 0.4) is 0 Å². The molecule has 0 amide bonds. The molecule has 62 valence electrons. The van der Waals surface area contributed by atoms with Crippen molar-refractivity contribution >= 4 is 0 Å². The van der Waals surface area contributed by atoms with Crippen LogP contribution in [0.4, 0.5) is 0 Å². The van der Waals surface area contributed by atoms with Crippen molar-refractivity contribution in [2.75, 3.05) is 6.54 Å². The minimum absolute atomic E-state index is 0.321. The highest BCUT2D eigenvalue weighted by Gasteiger charge is 2.00. The van der Waals surface area contributed by atoms with Crippen molar-refractivity contribution in [1.82, 2.24) is 9.78 Å². The third-order valence-corrected chi connectivity index (χ3v) is 1.52. The summed E-state index contributed by atoms with van der Waals surface area (Å²) in [6, 6.07) is 1.86. The summed E-state index contributed by atoms with van der Waals surface area (Å²) in [5.74, 6) is 0. The van der Waals surface area contributed by atoms with E-state index in [4.69, 9.17) is 10.8 Å². The second kappa shape index (κ2) is 4.10. The smallest absolute Gasteiger partial charge is 0.0680 e. The Morgan fingerprint density at radius 2 is 2.45 bits per heavy atom. The van der Waals surface area contributed by atoms with Crippen molar-refractivity contribution in [2.24, 2.45) is 5.73 Å². The second-order valence-electron chi connectivity index (χ2n) is 2.45. The predicted octanol–water partition coefficient (Wildman–Crippen LogP) is -0.407. The minimum Gasteiger partial charge on any atom is -0.392 e. The van der Waals surface area contributed by atoms with E-state index in [0.717, 1.165) is 6.54 Å². The number of rotatable bonds is 4. The van der Waals surface area contributed by atoms with E-state index >= 15 is 0 Å². The molecule has 0 aliphatic rings. The maximum absolute atomic E-state index is 9.09. The summed E-state index contributed by atoms with van der Waals surface area (Å²) in [5.41, 5.74) is 5.23. The van der Waals surface area contributed by atoms with Gasteiger partial charge in [-0.2, -0.15) is 5.10 Å². The molecule has 3 N–H and O–H groups in total. The summed E-state index contributed by atoms with van der Waals surface area (Å²) in [4.78, 5) is 0. The van der Waals surface area contributed by atoms with Crippen LogP contribution in [0.25, 0.3) is 0 Å². The summed E-state index contributed by atoms with van der Waals surface area (Å²) in [6.07, 6.45) is 3.84. The van der Waals surface area contributed by atoms with E-state index in [9.17, 15) is 0 Å². The fourth-order valence-corrected chi connectivity index (χ4v) is 0.832. The van der Waals surface area contributed by atoms with Gasteiger partial charge in [0, 0.05) is 25.5 Å². The summed E-state index contributed by atoms with van der Waals surface area (Å²) in [6.45, 7) is 1.05. The molecule has 1 atom stereocenters. The van der Waals surface area contributed by atoms with E-state index in [-0.39, 0.29) is 0 Å². The number of nitrogens with two attached hydrogens (primary N) is 1. The molecule has 0 aliphatic carbocycles. The van der Waals surface area contributed by atoms with E-state index in [1.54, 1.807) is 10.9 Å². The summed E-state index contributed by atoms with van der Waals surface area (Å²) in [5, 5.41) is 13.1. The van der Waals surface area contributed by atoms with Crippen molar-refractivity contribution < 1.29 is 5.11 Å². The maximum Gasteiger partial charge on any atom is 0.0680 e. The highest BCUT2D eigenvalue weighted by Crippen LogP contribution is 1.93. The fourth-order valence-electron chi connectivity index (χ4n) is 0.832. The maximum atomic E-state index is 9.09. The van der Waals surface area contributed by atoms with E-state index in [2.05, 4.69) is 5.10 Å². The average Bonchev–Trinajstić information content (AvgIpc) is 2.52. The van der Waals surface area contributed by atoms with E-state index in [0.29, 0.717) is 13.0 Å². The van der Waals surface area contributed by atoms with Gasteiger partial charge in [0.05, 0.1) is 6.10 Å². The lowest BCUT2D eigenvalue weighted by Gasteiger charge is -2.06. The Bertz CT molecular complexity index is 186. The fraction of sp³-hybridized carbons (Fsp3) is 0.571. The summed E-state index contributed by atoms with van der Waals surface area (Å²) >= 11 is 0. The molecule has 0 saturated carbocycles. The largest absolute Gasteiger partial charge is 0.392 e. The molecule has 1 aromatic rings. The molecule has 0 spiro atoms. The van der Waals surface area contributed by atoms with Crippen molar-refractivity contribution in [3.63, 3.8) is 0 Å². The first-order valence-corrected chi connectivity index (χ1v) is 3.68. The molecule has 1 aromatic heterocycles. The molecule has 1 rings (SSSR count). The number of aliphatic hydroxyl groups excluding tert-OH is 1. The van der Waals surface area contributed by atoms with E-state index < -0.39 is 6.10 Å². The standard InChI is InChI=1S/C7H13N3O/c8-6-7(11)2-5-10-4-1-3-9-10/h1,3-4,7,11H,2,5-6,8H2/t7-/m1/s1. The Balaban J connectivity index is 2.23. The van der Waals surface area contributed by atoms with Gasteiger partial charge in [0.25, 0.3) is 0 Å². The molecular formula is C7H13N3O. The van der Waals surface area contributed by atoms with Crippen LogP contribution in [0.2, 0.25) is 0 Å². The first-order chi connectivity index (χ1) is 5.33. The van der Waals surface area contributed by atoms with Gasteiger partial charge in [0.1, 0.15) is 0 Å². The van der Waals surface area contributed by atoms with Gasteiger partial charge in [0.15, 0.2) is 0 Å². The van der Waals surface area contributed by atoms with Crippen molar-refractivity contribution in [3.05, 3.63) is 18.5 Å². The Hall–Kier alpha value is -0.870. The number of hydrogen-bond acceptors (Lipinski definition) is 3. The quantitative estimate of drug-likeness (QED) is 0.621. The first kappa shape index (κ1) is 8.23. The second-order valence-corrected chi connectivity index (χ2v) is 2.45. The van der Waals surface area contributed by atoms with Crippen LogP contribution in [0, 0.1) is 0 Å². The molecule has 0 unspecified atom stereocenters. The number of aryl methyl sites for hydroxylation is 1. The zero-order valence-corrected chi connectivity index (χ0v) is 6.35. The lowest BCUT2D eigenvalue weighted by molar-refractivity contribution is 0.165. The third-order valence-electron chi connectivity index (χ3n) is 1.52. The van der Waals surface area contributed by atoms with Gasteiger partial charge in [-0.25, -0.2) is 0 Å². The van der Waals surface area contributed by atoms with Gasteiger partial charge in [-0.15, -0.1) is 0 Å². The van der Waals surface area contributed by atoms with Crippen molar-refractivity contribution in [1.29, 1.82) is 0 Å². The Labute approximate surface area is 65.6 Å². The molecular weight excluding hydrogens is 142 g/mol. The summed E-state index contributed by atoms with van der Waals surface area (Å²) < 4.78 is 1.78. The predicted molar refractivity (Wildman–Crippen MR) is 41.9 cm³/mol. The molecule has 1 heterocycles. The third kappa shape index (κ3) is 2.69.